The summed E-state index contributed by atoms with van der Waals surface area (Å²) in [5, 5.41) is 10.8. The molecule has 0 bridgehead atoms. The van der Waals surface area contributed by atoms with Gasteiger partial charge in [0.1, 0.15) is 12.4 Å². The first-order chi connectivity index (χ1) is 11.8. The van der Waals surface area contributed by atoms with Gasteiger partial charge in [-0.1, -0.05) is 68.7 Å². The minimum atomic E-state index is -0.372. The van der Waals surface area contributed by atoms with E-state index in [-0.39, 0.29) is 6.10 Å². The molecule has 1 aliphatic carbocycles. The Bertz CT molecular complexity index is 615. The van der Waals surface area contributed by atoms with Crippen LogP contribution in [0.1, 0.15) is 56.3 Å². The molecule has 0 saturated heterocycles. The van der Waals surface area contributed by atoms with Gasteiger partial charge in [-0.05, 0) is 47.9 Å². The summed E-state index contributed by atoms with van der Waals surface area (Å²) in [7, 11) is 0. The highest BCUT2D eigenvalue weighted by molar-refractivity contribution is 5.30. The first-order valence-corrected chi connectivity index (χ1v) is 9.21. The number of hydrogen-bond donors (Lipinski definition) is 1. The fourth-order valence-electron chi connectivity index (χ4n) is 3.71. The van der Waals surface area contributed by atoms with Gasteiger partial charge in [-0.2, -0.15) is 0 Å². The maximum atomic E-state index is 10.8. The molecule has 0 aliphatic heterocycles. The van der Waals surface area contributed by atoms with E-state index in [0.29, 0.717) is 12.5 Å². The number of aliphatic hydroxyl groups is 1. The summed E-state index contributed by atoms with van der Waals surface area (Å²) >= 11 is 0. The molecule has 1 unspecified atom stereocenters. The van der Waals surface area contributed by atoms with Crippen molar-refractivity contribution in [2.45, 2.75) is 51.7 Å². The van der Waals surface area contributed by atoms with Gasteiger partial charge in [0.25, 0.3) is 0 Å². The molecule has 0 aromatic heterocycles. The number of aliphatic hydroxyl groups excluding tert-OH is 1. The quantitative estimate of drug-likeness (QED) is 0.758. The van der Waals surface area contributed by atoms with Gasteiger partial charge < -0.3 is 9.84 Å². The van der Waals surface area contributed by atoms with Crippen molar-refractivity contribution < 1.29 is 9.84 Å². The molecule has 1 saturated carbocycles. The van der Waals surface area contributed by atoms with E-state index in [1.165, 1.54) is 19.3 Å². The van der Waals surface area contributed by atoms with Crippen molar-refractivity contribution in [2.24, 2.45) is 11.8 Å². The van der Waals surface area contributed by atoms with Crippen LogP contribution in [0.2, 0.25) is 0 Å². The van der Waals surface area contributed by atoms with Gasteiger partial charge in [0, 0.05) is 0 Å². The molecule has 0 spiro atoms. The molecule has 1 aliphatic rings. The third-order valence-electron chi connectivity index (χ3n) is 5.36. The lowest BCUT2D eigenvalue weighted by molar-refractivity contribution is 0.0727. The zero-order valence-corrected chi connectivity index (χ0v) is 14.5. The zero-order valence-electron chi connectivity index (χ0n) is 14.5. The average Bonchev–Trinajstić information content (AvgIpc) is 2.67. The normalized spacial score (nSPS) is 22.1. The molecule has 2 aromatic carbocycles. The Morgan fingerprint density at radius 3 is 2.46 bits per heavy atom. The Morgan fingerprint density at radius 1 is 1.00 bits per heavy atom. The van der Waals surface area contributed by atoms with Gasteiger partial charge in [0.15, 0.2) is 0 Å². The van der Waals surface area contributed by atoms with E-state index in [4.69, 9.17) is 4.74 Å². The van der Waals surface area contributed by atoms with Crippen LogP contribution in [-0.2, 0) is 6.61 Å². The predicted octanol–water partition coefficient (Wildman–Crippen LogP) is 5.52. The monoisotopic (exact) mass is 324 g/mol. The number of hydrogen-bond acceptors (Lipinski definition) is 2. The van der Waals surface area contributed by atoms with E-state index in [1.54, 1.807) is 0 Å². The summed E-state index contributed by atoms with van der Waals surface area (Å²) < 4.78 is 5.89. The minimum Gasteiger partial charge on any atom is -0.489 e. The van der Waals surface area contributed by atoms with Crippen molar-refractivity contribution in [3.63, 3.8) is 0 Å². The first kappa shape index (κ1) is 17.0. The molecule has 24 heavy (non-hydrogen) atoms. The lowest BCUT2D eigenvalue weighted by Crippen LogP contribution is -2.20. The summed E-state index contributed by atoms with van der Waals surface area (Å²) in [6.07, 6.45) is 5.67. The van der Waals surface area contributed by atoms with Gasteiger partial charge in [0.2, 0.25) is 0 Å². The SMILES string of the molecule is CCC1CCC(C(O)c2cccc(OCc3ccccc3)c2)CC1. The molecule has 0 heterocycles. The third kappa shape index (κ3) is 4.39. The van der Waals surface area contributed by atoms with Crippen LogP contribution in [0.5, 0.6) is 5.75 Å². The van der Waals surface area contributed by atoms with Crippen molar-refractivity contribution in [3.8, 4) is 5.75 Å². The summed E-state index contributed by atoms with van der Waals surface area (Å²) in [6, 6.07) is 18.1. The lowest BCUT2D eigenvalue weighted by Gasteiger charge is -2.31. The number of ether oxygens (including phenoxy) is 1. The molecule has 2 aromatic rings. The molecule has 0 radical (unpaired) electrons. The van der Waals surface area contributed by atoms with E-state index in [2.05, 4.69) is 19.1 Å². The molecule has 1 atom stereocenters. The molecule has 1 N–H and O–H groups in total. The molecule has 128 valence electrons. The molecule has 0 amide bonds. The molecular formula is C22H28O2. The minimum absolute atomic E-state index is 0.372. The van der Waals surface area contributed by atoms with E-state index >= 15 is 0 Å². The van der Waals surface area contributed by atoms with Crippen LogP contribution in [0.3, 0.4) is 0 Å². The van der Waals surface area contributed by atoms with Crippen LogP contribution in [0, 0.1) is 11.8 Å². The summed E-state index contributed by atoms with van der Waals surface area (Å²) in [4.78, 5) is 0. The highest BCUT2D eigenvalue weighted by Gasteiger charge is 2.26. The Kier molecular flexibility index (Phi) is 5.92. The van der Waals surface area contributed by atoms with Crippen molar-refractivity contribution >= 4 is 0 Å². The average molecular weight is 324 g/mol. The van der Waals surface area contributed by atoms with Crippen molar-refractivity contribution in [1.29, 1.82) is 0 Å². The van der Waals surface area contributed by atoms with E-state index < -0.39 is 0 Å². The second-order valence-electron chi connectivity index (χ2n) is 6.98. The van der Waals surface area contributed by atoms with Gasteiger partial charge in [-0.25, -0.2) is 0 Å². The maximum Gasteiger partial charge on any atom is 0.120 e. The second kappa shape index (κ2) is 8.34. The molecule has 2 heteroatoms. The van der Waals surface area contributed by atoms with Crippen LogP contribution < -0.4 is 4.74 Å². The van der Waals surface area contributed by atoms with Crippen LogP contribution in [0.25, 0.3) is 0 Å². The standard InChI is InChI=1S/C22H28O2/c1-2-17-11-13-19(14-12-17)22(23)20-9-6-10-21(15-20)24-16-18-7-4-3-5-8-18/h3-10,15,17,19,22-23H,2,11-14,16H2,1H3. The predicted molar refractivity (Wildman–Crippen MR) is 97.9 cm³/mol. The Labute approximate surface area is 145 Å². The fraction of sp³-hybridized carbons (Fsp3) is 0.455. The first-order valence-electron chi connectivity index (χ1n) is 9.21. The summed E-state index contributed by atoms with van der Waals surface area (Å²) in [5.41, 5.74) is 2.14. The third-order valence-corrected chi connectivity index (χ3v) is 5.36. The smallest absolute Gasteiger partial charge is 0.120 e. The van der Waals surface area contributed by atoms with Crippen LogP contribution in [-0.4, -0.2) is 5.11 Å². The molecule has 2 nitrogen and oxygen atoms in total. The Morgan fingerprint density at radius 2 is 1.75 bits per heavy atom. The summed E-state index contributed by atoms with van der Waals surface area (Å²) in [6.45, 7) is 2.83. The van der Waals surface area contributed by atoms with Gasteiger partial charge in [-0.15, -0.1) is 0 Å². The zero-order chi connectivity index (χ0) is 16.8. The van der Waals surface area contributed by atoms with Crippen LogP contribution in [0.15, 0.2) is 54.6 Å². The van der Waals surface area contributed by atoms with E-state index in [9.17, 15) is 5.11 Å². The topological polar surface area (TPSA) is 29.5 Å². The van der Waals surface area contributed by atoms with Gasteiger partial charge in [-0.3, -0.25) is 0 Å². The van der Waals surface area contributed by atoms with Crippen LogP contribution in [0.4, 0.5) is 0 Å². The number of rotatable bonds is 6. The van der Waals surface area contributed by atoms with E-state index in [1.807, 2.05) is 42.5 Å². The van der Waals surface area contributed by atoms with E-state index in [0.717, 1.165) is 35.6 Å². The van der Waals surface area contributed by atoms with Crippen molar-refractivity contribution in [3.05, 3.63) is 65.7 Å². The highest BCUT2D eigenvalue weighted by atomic mass is 16.5. The van der Waals surface area contributed by atoms with Crippen molar-refractivity contribution in [2.75, 3.05) is 0 Å². The number of benzene rings is 2. The van der Waals surface area contributed by atoms with Gasteiger partial charge in [0.05, 0.1) is 6.10 Å². The second-order valence-corrected chi connectivity index (χ2v) is 6.98. The fourth-order valence-corrected chi connectivity index (χ4v) is 3.71. The van der Waals surface area contributed by atoms with Crippen molar-refractivity contribution in [1.82, 2.24) is 0 Å². The lowest BCUT2D eigenvalue weighted by atomic mass is 9.77. The molecule has 3 rings (SSSR count). The van der Waals surface area contributed by atoms with Gasteiger partial charge >= 0.3 is 0 Å². The summed E-state index contributed by atoms with van der Waals surface area (Å²) in [5.74, 6) is 2.07. The molecular weight excluding hydrogens is 296 g/mol. The largest absolute Gasteiger partial charge is 0.489 e. The Balaban J connectivity index is 1.60. The Hall–Kier alpha value is -1.80. The maximum absolute atomic E-state index is 10.8. The van der Waals surface area contributed by atoms with Crippen LogP contribution >= 0.6 is 0 Å². The highest BCUT2D eigenvalue weighted by Crippen LogP contribution is 2.38. The molecule has 1 fully saturated rings.